The lowest BCUT2D eigenvalue weighted by Gasteiger charge is -2.12. The first-order valence-corrected chi connectivity index (χ1v) is 3.98. The molecule has 3 nitrogen and oxygen atoms in total. The summed E-state index contributed by atoms with van der Waals surface area (Å²) in [7, 11) is 0. The first-order valence-electron chi connectivity index (χ1n) is 3.98. The lowest BCUT2D eigenvalue weighted by molar-refractivity contribution is 0.0342. The Balaban J connectivity index is 3.41. The Hall–Kier alpha value is -1.00. The molecule has 0 aliphatic heterocycles. The second-order valence-electron chi connectivity index (χ2n) is 2.49. The molecule has 0 atom stereocenters. The average molecular weight is 182 g/mol. The molecule has 0 aromatic carbocycles. The predicted molar refractivity (Wildman–Crippen MR) is 49.9 cm³/mol. The third-order valence-electron chi connectivity index (χ3n) is 1.34. The summed E-state index contributed by atoms with van der Waals surface area (Å²) in [6.45, 7) is 1.31. The molecule has 0 spiro atoms. The van der Waals surface area contributed by atoms with E-state index in [2.05, 4.69) is 11.8 Å². The van der Waals surface area contributed by atoms with Crippen molar-refractivity contribution in [1.29, 1.82) is 0 Å². The number of ether oxygens (including phenoxy) is 2. The Bertz CT molecular complexity index is 167. The highest BCUT2D eigenvalue weighted by atomic mass is 16.5. The molecular formula is C10H14O3. The van der Waals surface area contributed by atoms with Gasteiger partial charge in [-0.2, -0.15) is 0 Å². The van der Waals surface area contributed by atoms with Crippen LogP contribution in [-0.2, 0) is 9.47 Å². The topological polar surface area (TPSA) is 38.7 Å². The molecule has 13 heavy (non-hydrogen) atoms. The highest BCUT2D eigenvalue weighted by Gasteiger charge is 2.06. The zero-order chi connectivity index (χ0) is 9.94. The largest absolute Gasteiger partial charge is 0.396 e. The second-order valence-corrected chi connectivity index (χ2v) is 2.49. The van der Waals surface area contributed by atoms with Crippen molar-refractivity contribution in [2.45, 2.75) is 0 Å². The molecule has 0 heterocycles. The highest BCUT2D eigenvalue weighted by molar-refractivity contribution is 4.83. The highest BCUT2D eigenvalue weighted by Crippen LogP contribution is 1.97. The number of terminal acetylenes is 2. The smallest absolute Gasteiger partial charge is 0.107 e. The summed E-state index contributed by atoms with van der Waals surface area (Å²) in [5, 5.41) is 8.86. The molecule has 0 unspecified atom stereocenters. The summed E-state index contributed by atoms with van der Waals surface area (Å²) in [6.07, 6.45) is 9.97. The lowest BCUT2D eigenvalue weighted by atomic mass is 10.2. The number of hydrogen-bond donors (Lipinski definition) is 1. The van der Waals surface area contributed by atoms with Crippen molar-refractivity contribution < 1.29 is 14.6 Å². The zero-order valence-corrected chi connectivity index (χ0v) is 7.53. The van der Waals surface area contributed by atoms with Crippen LogP contribution in [0.15, 0.2) is 0 Å². The van der Waals surface area contributed by atoms with E-state index >= 15 is 0 Å². The lowest BCUT2D eigenvalue weighted by Crippen LogP contribution is -2.20. The molecule has 0 aromatic rings. The first-order chi connectivity index (χ1) is 6.35. The van der Waals surface area contributed by atoms with Gasteiger partial charge in [-0.1, -0.05) is 11.8 Å². The van der Waals surface area contributed by atoms with E-state index in [0.29, 0.717) is 13.2 Å². The van der Waals surface area contributed by atoms with Gasteiger partial charge in [0.15, 0.2) is 0 Å². The van der Waals surface area contributed by atoms with Gasteiger partial charge in [0.1, 0.15) is 13.2 Å². The third kappa shape index (κ3) is 7.36. The van der Waals surface area contributed by atoms with Crippen LogP contribution in [0.2, 0.25) is 0 Å². The minimum absolute atomic E-state index is 0.00907. The minimum atomic E-state index is -0.0540. The van der Waals surface area contributed by atoms with E-state index in [1.165, 1.54) is 0 Å². The Morgan fingerprint density at radius 2 is 1.54 bits per heavy atom. The van der Waals surface area contributed by atoms with Crippen LogP contribution in [0.3, 0.4) is 0 Å². The van der Waals surface area contributed by atoms with Crippen molar-refractivity contribution in [1.82, 2.24) is 0 Å². The van der Waals surface area contributed by atoms with Gasteiger partial charge in [-0.15, -0.1) is 12.8 Å². The fraction of sp³-hybridized carbons (Fsp3) is 0.600. The van der Waals surface area contributed by atoms with Crippen LogP contribution < -0.4 is 0 Å². The number of aliphatic hydroxyl groups is 1. The number of aliphatic hydroxyl groups excluding tert-OH is 1. The van der Waals surface area contributed by atoms with Gasteiger partial charge in [0.25, 0.3) is 0 Å². The summed E-state index contributed by atoms with van der Waals surface area (Å²) in [5.74, 6) is 4.62. The molecule has 0 saturated heterocycles. The van der Waals surface area contributed by atoms with E-state index in [0.717, 1.165) is 0 Å². The minimum Gasteiger partial charge on any atom is -0.396 e. The monoisotopic (exact) mass is 182 g/mol. The van der Waals surface area contributed by atoms with E-state index < -0.39 is 0 Å². The van der Waals surface area contributed by atoms with Crippen molar-refractivity contribution in [2.75, 3.05) is 33.0 Å². The molecule has 0 amide bonds. The number of hydrogen-bond acceptors (Lipinski definition) is 3. The SMILES string of the molecule is C#CCOCC(CO)COCC#C. The number of rotatable bonds is 7. The van der Waals surface area contributed by atoms with E-state index in [4.69, 9.17) is 27.4 Å². The predicted octanol–water partition coefficient (Wildman–Crippen LogP) is -0.105. The third-order valence-corrected chi connectivity index (χ3v) is 1.34. The normalized spacial score (nSPS) is 9.54. The van der Waals surface area contributed by atoms with Gasteiger partial charge in [-0.05, 0) is 0 Å². The fourth-order valence-corrected chi connectivity index (χ4v) is 0.723. The summed E-state index contributed by atoms with van der Waals surface area (Å²) in [4.78, 5) is 0. The molecule has 0 aromatic heterocycles. The standard InChI is InChI=1S/C10H14O3/c1-3-5-12-8-10(7-11)9-13-6-4-2/h1-2,10-11H,5-9H2. The Kier molecular flexibility index (Phi) is 8.39. The van der Waals surface area contributed by atoms with Gasteiger partial charge in [0.05, 0.1) is 19.8 Å². The fourth-order valence-electron chi connectivity index (χ4n) is 0.723. The maximum absolute atomic E-state index is 8.86. The van der Waals surface area contributed by atoms with Crippen LogP contribution >= 0.6 is 0 Å². The van der Waals surface area contributed by atoms with Crippen LogP contribution in [0.5, 0.6) is 0 Å². The van der Waals surface area contributed by atoms with Crippen LogP contribution in [0.25, 0.3) is 0 Å². The van der Waals surface area contributed by atoms with Gasteiger partial charge in [-0.25, -0.2) is 0 Å². The summed E-state index contributed by atoms with van der Waals surface area (Å²) < 4.78 is 10.1. The molecule has 0 rings (SSSR count). The summed E-state index contributed by atoms with van der Waals surface area (Å²) in [5.41, 5.74) is 0. The Morgan fingerprint density at radius 3 is 1.85 bits per heavy atom. The average Bonchev–Trinajstić information content (AvgIpc) is 2.16. The van der Waals surface area contributed by atoms with Crippen LogP contribution in [0, 0.1) is 30.6 Å². The molecular weight excluding hydrogens is 168 g/mol. The van der Waals surface area contributed by atoms with Crippen LogP contribution in [-0.4, -0.2) is 38.1 Å². The maximum Gasteiger partial charge on any atom is 0.107 e. The second kappa shape index (κ2) is 9.09. The van der Waals surface area contributed by atoms with Crippen LogP contribution in [0.1, 0.15) is 0 Å². The molecule has 0 aliphatic carbocycles. The summed E-state index contributed by atoms with van der Waals surface area (Å²) >= 11 is 0. The molecule has 0 bridgehead atoms. The Morgan fingerprint density at radius 1 is 1.08 bits per heavy atom. The Labute approximate surface area is 79.0 Å². The van der Waals surface area contributed by atoms with Crippen molar-refractivity contribution >= 4 is 0 Å². The van der Waals surface area contributed by atoms with Gasteiger partial charge in [0.2, 0.25) is 0 Å². The first kappa shape index (κ1) is 12.0. The van der Waals surface area contributed by atoms with Gasteiger partial charge in [0, 0.05) is 5.92 Å². The molecule has 0 aliphatic rings. The van der Waals surface area contributed by atoms with Crippen molar-refractivity contribution in [3.8, 4) is 24.7 Å². The van der Waals surface area contributed by atoms with E-state index in [1.807, 2.05) is 0 Å². The van der Waals surface area contributed by atoms with E-state index in [-0.39, 0.29) is 25.7 Å². The molecule has 0 radical (unpaired) electrons. The van der Waals surface area contributed by atoms with Crippen molar-refractivity contribution in [3.05, 3.63) is 0 Å². The summed E-state index contributed by atoms with van der Waals surface area (Å²) in [6, 6.07) is 0. The van der Waals surface area contributed by atoms with E-state index in [9.17, 15) is 0 Å². The van der Waals surface area contributed by atoms with Crippen LogP contribution in [0.4, 0.5) is 0 Å². The molecule has 3 heteroatoms. The van der Waals surface area contributed by atoms with Gasteiger partial charge >= 0.3 is 0 Å². The van der Waals surface area contributed by atoms with Crippen molar-refractivity contribution in [3.63, 3.8) is 0 Å². The van der Waals surface area contributed by atoms with Gasteiger partial charge < -0.3 is 14.6 Å². The maximum atomic E-state index is 8.86. The molecule has 72 valence electrons. The van der Waals surface area contributed by atoms with E-state index in [1.54, 1.807) is 0 Å². The molecule has 0 fully saturated rings. The zero-order valence-electron chi connectivity index (χ0n) is 7.53. The van der Waals surface area contributed by atoms with Crippen molar-refractivity contribution in [2.24, 2.45) is 5.92 Å². The molecule has 1 N–H and O–H groups in total. The quantitative estimate of drug-likeness (QED) is 0.441. The molecule has 0 saturated carbocycles. The van der Waals surface area contributed by atoms with Gasteiger partial charge in [-0.3, -0.25) is 0 Å².